The van der Waals surface area contributed by atoms with Gasteiger partial charge in [0.1, 0.15) is 11.0 Å². The van der Waals surface area contributed by atoms with Crippen molar-refractivity contribution in [1.29, 1.82) is 5.26 Å². The summed E-state index contributed by atoms with van der Waals surface area (Å²) in [6.07, 6.45) is 1.18. The van der Waals surface area contributed by atoms with Crippen molar-refractivity contribution in [3.63, 3.8) is 0 Å². The molecule has 0 bridgehead atoms. The number of nitrogens with zero attached hydrogens (tertiary/aromatic N) is 3. The largest absolute Gasteiger partial charge is 0.293 e. The average Bonchev–Trinajstić information content (AvgIpc) is 3.03. The van der Waals surface area contributed by atoms with E-state index in [1.54, 1.807) is 37.3 Å². The van der Waals surface area contributed by atoms with Crippen molar-refractivity contribution in [2.24, 2.45) is 0 Å². The molecular weight excluding hydrogens is 447 g/mol. The van der Waals surface area contributed by atoms with Crippen LogP contribution in [0.2, 0.25) is 10.0 Å². The van der Waals surface area contributed by atoms with Crippen molar-refractivity contribution < 1.29 is 8.42 Å². The molecule has 0 unspecified atom stereocenters. The Morgan fingerprint density at radius 1 is 1.23 bits per heavy atom. The van der Waals surface area contributed by atoms with Gasteiger partial charge < -0.3 is 0 Å². The smallest absolute Gasteiger partial charge is 0.280 e. The highest BCUT2D eigenvalue weighted by molar-refractivity contribution is 7.95. The van der Waals surface area contributed by atoms with Gasteiger partial charge >= 0.3 is 0 Å². The first-order valence-electron chi connectivity index (χ1n) is 8.56. The molecule has 0 aliphatic carbocycles. The molecule has 7 nitrogen and oxygen atoms in total. The van der Waals surface area contributed by atoms with Gasteiger partial charge in [-0.3, -0.25) is 9.89 Å². The SMILES string of the molecule is Cc1[nH]n2c(=O)c3ccccc3nc2c1/C=C(\C#N)S(=O)(=O)c1cc(Cl)ccc1Cl. The summed E-state index contributed by atoms with van der Waals surface area (Å²) < 4.78 is 27.3. The molecule has 0 radical (unpaired) electrons. The van der Waals surface area contributed by atoms with Crippen LogP contribution in [0, 0.1) is 18.3 Å². The van der Waals surface area contributed by atoms with Gasteiger partial charge in [0, 0.05) is 16.3 Å². The maximum Gasteiger partial charge on any atom is 0.280 e. The van der Waals surface area contributed by atoms with Crippen LogP contribution in [0.25, 0.3) is 22.6 Å². The van der Waals surface area contributed by atoms with Gasteiger partial charge in [-0.2, -0.15) is 5.26 Å². The lowest BCUT2D eigenvalue weighted by molar-refractivity contribution is 0.603. The summed E-state index contributed by atoms with van der Waals surface area (Å²) >= 11 is 11.9. The molecule has 0 saturated carbocycles. The number of rotatable bonds is 3. The van der Waals surface area contributed by atoms with E-state index in [9.17, 15) is 18.5 Å². The van der Waals surface area contributed by atoms with E-state index in [2.05, 4.69) is 10.1 Å². The minimum absolute atomic E-state index is 0.0588. The van der Waals surface area contributed by atoms with Gasteiger partial charge in [-0.1, -0.05) is 35.3 Å². The lowest BCUT2D eigenvalue weighted by atomic mass is 10.2. The van der Waals surface area contributed by atoms with Crippen molar-refractivity contribution in [3.8, 4) is 6.07 Å². The number of aromatic amines is 1. The zero-order chi connectivity index (χ0) is 21.6. The van der Waals surface area contributed by atoms with Crippen molar-refractivity contribution in [1.82, 2.24) is 14.6 Å². The number of allylic oxidation sites excluding steroid dienone is 1. The quantitative estimate of drug-likeness (QED) is 0.464. The van der Waals surface area contributed by atoms with Crippen LogP contribution in [-0.2, 0) is 9.84 Å². The number of benzene rings is 2. The fourth-order valence-electron chi connectivity index (χ4n) is 3.09. The third-order valence-electron chi connectivity index (χ3n) is 4.56. The number of halogens is 2. The van der Waals surface area contributed by atoms with E-state index >= 15 is 0 Å². The minimum Gasteiger partial charge on any atom is -0.293 e. The van der Waals surface area contributed by atoms with Crippen molar-refractivity contribution in [3.05, 3.63) is 79.0 Å². The van der Waals surface area contributed by atoms with Crippen LogP contribution in [0.3, 0.4) is 0 Å². The van der Waals surface area contributed by atoms with Gasteiger partial charge in [0.25, 0.3) is 5.56 Å². The van der Waals surface area contributed by atoms with Crippen LogP contribution >= 0.6 is 23.2 Å². The summed E-state index contributed by atoms with van der Waals surface area (Å²) in [6, 6.07) is 12.5. The zero-order valence-corrected chi connectivity index (χ0v) is 17.7. The van der Waals surface area contributed by atoms with Crippen LogP contribution in [-0.4, -0.2) is 23.0 Å². The molecule has 0 aliphatic heterocycles. The first-order chi connectivity index (χ1) is 14.2. The third kappa shape index (κ3) is 3.17. The highest BCUT2D eigenvalue weighted by Gasteiger charge is 2.25. The van der Waals surface area contributed by atoms with Crippen molar-refractivity contribution >= 4 is 55.7 Å². The fraction of sp³-hybridized carbons (Fsp3) is 0.0500. The molecule has 0 fully saturated rings. The average molecular weight is 459 g/mol. The van der Waals surface area contributed by atoms with E-state index in [1.165, 1.54) is 28.8 Å². The lowest BCUT2D eigenvalue weighted by Crippen LogP contribution is -2.15. The number of hydrogen-bond donors (Lipinski definition) is 1. The maximum absolute atomic E-state index is 13.1. The number of aromatic nitrogens is 3. The molecule has 2 aromatic heterocycles. The van der Waals surface area contributed by atoms with Crippen LogP contribution in [0.5, 0.6) is 0 Å². The number of aryl methyl sites for hydroxylation is 1. The monoisotopic (exact) mass is 458 g/mol. The number of H-pyrrole nitrogens is 1. The maximum atomic E-state index is 13.1. The topological polar surface area (TPSA) is 108 Å². The first kappa shape index (κ1) is 20.2. The van der Waals surface area contributed by atoms with Gasteiger partial charge in [-0.25, -0.2) is 17.9 Å². The van der Waals surface area contributed by atoms with E-state index < -0.39 is 14.7 Å². The van der Waals surface area contributed by atoms with E-state index in [1.807, 2.05) is 0 Å². The highest BCUT2D eigenvalue weighted by atomic mass is 35.5. The first-order valence-corrected chi connectivity index (χ1v) is 10.8. The number of para-hydroxylation sites is 1. The Morgan fingerprint density at radius 2 is 1.97 bits per heavy atom. The molecular formula is C20H12Cl2N4O3S. The summed E-state index contributed by atoms with van der Waals surface area (Å²) in [5, 5.41) is 13.0. The molecule has 1 N–H and O–H groups in total. The molecule has 4 rings (SSSR count). The summed E-state index contributed by atoms with van der Waals surface area (Å²) in [5.74, 6) is 0. The van der Waals surface area contributed by atoms with Crippen molar-refractivity contribution in [2.75, 3.05) is 0 Å². The number of sulfone groups is 1. The molecule has 0 aliphatic rings. The Bertz CT molecular complexity index is 1580. The second-order valence-corrected chi connectivity index (χ2v) is 9.17. The Balaban J connectivity index is 2.00. The zero-order valence-electron chi connectivity index (χ0n) is 15.3. The molecule has 10 heteroatoms. The van der Waals surface area contributed by atoms with Gasteiger partial charge in [0.15, 0.2) is 5.65 Å². The normalized spacial score (nSPS) is 12.4. The molecule has 0 saturated heterocycles. The second kappa shape index (κ2) is 7.29. The van der Waals surface area contributed by atoms with E-state index in [4.69, 9.17) is 23.2 Å². The second-order valence-electron chi connectivity index (χ2n) is 6.44. The number of hydrogen-bond acceptors (Lipinski definition) is 5. The van der Waals surface area contributed by atoms with Crippen LogP contribution in [0.15, 0.2) is 57.1 Å². The van der Waals surface area contributed by atoms with Gasteiger partial charge in [-0.05, 0) is 43.3 Å². The van der Waals surface area contributed by atoms with E-state index in [0.29, 0.717) is 22.2 Å². The summed E-state index contributed by atoms with van der Waals surface area (Å²) in [5.41, 5.74) is 1.09. The molecule has 30 heavy (non-hydrogen) atoms. The van der Waals surface area contributed by atoms with E-state index in [-0.39, 0.29) is 26.1 Å². The van der Waals surface area contributed by atoms with Crippen LogP contribution in [0.1, 0.15) is 11.3 Å². The van der Waals surface area contributed by atoms with Crippen LogP contribution < -0.4 is 5.56 Å². The summed E-state index contributed by atoms with van der Waals surface area (Å²) in [4.78, 5) is 16.4. The number of fused-ring (bicyclic) bond motifs is 2. The molecule has 0 amide bonds. The molecule has 150 valence electrons. The van der Waals surface area contributed by atoms with Gasteiger partial charge in [0.2, 0.25) is 9.84 Å². The molecule has 4 aromatic rings. The Hall–Kier alpha value is -3.12. The highest BCUT2D eigenvalue weighted by Crippen LogP contribution is 2.31. The predicted molar refractivity (Wildman–Crippen MR) is 115 cm³/mol. The molecule has 2 aromatic carbocycles. The van der Waals surface area contributed by atoms with Gasteiger partial charge in [-0.15, -0.1) is 0 Å². The van der Waals surface area contributed by atoms with E-state index in [0.717, 1.165) is 0 Å². The number of nitriles is 1. The van der Waals surface area contributed by atoms with Crippen LogP contribution in [0.4, 0.5) is 0 Å². The number of nitrogens with one attached hydrogen (secondary N) is 1. The Labute approximate surface area is 180 Å². The minimum atomic E-state index is -4.26. The predicted octanol–water partition coefficient (Wildman–Crippen LogP) is 4.13. The standard InChI is InChI=1S/C20H12Cl2N4O3S/c1-11-15(19-24-17-5-3-2-4-14(17)20(27)26(19)25-11)9-13(10-23)30(28,29)18-8-12(21)6-7-16(18)22/h2-9,25H,1H3/b13-9+. The summed E-state index contributed by atoms with van der Waals surface area (Å²) in [6.45, 7) is 1.65. The van der Waals surface area contributed by atoms with Crippen molar-refractivity contribution in [2.45, 2.75) is 11.8 Å². The van der Waals surface area contributed by atoms with Gasteiger partial charge in [0.05, 0.1) is 20.8 Å². The molecule has 2 heterocycles. The molecule has 0 spiro atoms. The fourth-order valence-corrected chi connectivity index (χ4v) is 4.98. The molecule has 0 atom stereocenters. The summed E-state index contributed by atoms with van der Waals surface area (Å²) in [7, 11) is -4.26. The lowest BCUT2D eigenvalue weighted by Gasteiger charge is -2.06. The third-order valence-corrected chi connectivity index (χ3v) is 6.94. The Kier molecular flexibility index (Phi) is 4.90. The Morgan fingerprint density at radius 3 is 2.70 bits per heavy atom.